The molecule has 1 fully saturated rings. The quantitative estimate of drug-likeness (QED) is 0.886. The highest BCUT2D eigenvalue weighted by Gasteiger charge is 2.26. The Balaban J connectivity index is 2.05. The van der Waals surface area contributed by atoms with Gasteiger partial charge in [-0.25, -0.2) is 0 Å². The molecule has 0 radical (unpaired) electrons. The molecule has 1 aliphatic heterocycles. The lowest BCUT2D eigenvalue weighted by molar-refractivity contribution is 0.106. The first kappa shape index (κ1) is 14.4. The van der Waals surface area contributed by atoms with Crippen molar-refractivity contribution in [3.8, 4) is 5.75 Å². The minimum Gasteiger partial charge on any atom is -0.496 e. The maximum atomic E-state index is 5.96. The fourth-order valence-corrected chi connectivity index (χ4v) is 3.06. The molecule has 1 aromatic carbocycles. The minimum atomic E-state index is 0.517. The Hall–Kier alpha value is -1.06. The van der Waals surface area contributed by atoms with Gasteiger partial charge in [-0.3, -0.25) is 4.90 Å². The second kappa shape index (κ2) is 6.92. The van der Waals surface area contributed by atoms with Gasteiger partial charge in [-0.2, -0.15) is 0 Å². The smallest absolute Gasteiger partial charge is 0.123 e. The fraction of sp³-hybridized carbons (Fsp3) is 0.625. The fourth-order valence-electron chi connectivity index (χ4n) is 3.06. The third kappa shape index (κ3) is 3.48. The van der Waals surface area contributed by atoms with Gasteiger partial charge < -0.3 is 10.5 Å². The Morgan fingerprint density at radius 2 is 2.16 bits per heavy atom. The molecule has 0 spiro atoms. The van der Waals surface area contributed by atoms with Gasteiger partial charge in [0.25, 0.3) is 0 Å². The van der Waals surface area contributed by atoms with E-state index < -0.39 is 0 Å². The Kier molecular flexibility index (Phi) is 5.23. The highest BCUT2D eigenvalue weighted by atomic mass is 16.5. The minimum absolute atomic E-state index is 0.517. The van der Waals surface area contributed by atoms with Crippen molar-refractivity contribution in [2.45, 2.75) is 38.8 Å². The molecule has 0 amide bonds. The number of hydrogen-bond acceptors (Lipinski definition) is 3. The molecule has 1 aromatic rings. The van der Waals surface area contributed by atoms with E-state index in [1.54, 1.807) is 7.11 Å². The topological polar surface area (TPSA) is 38.5 Å². The van der Waals surface area contributed by atoms with Crippen LogP contribution in [0.2, 0.25) is 0 Å². The predicted octanol–water partition coefficient (Wildman–Crippen LogP) is 2.64. The van der Waals surface area contributed by atoms with E-state index >= 15 is 0 Å². The van der Waals surface area contributed by atoms with Crippen molar-refractivity contribution in [2.75, 3.05) is 20.2 Å². The van der Waals surface area contributed by atoms with E-state index in [4.69, 9.17) is 10.5 Å². The summed E-state index contributed by atoms with van der Waals surface area (Å²) >= 11 is 0. The summed E-state index contributed by atoms with van der Waals surface area (Å²) in [6, 6.07) is 8.80. The van der Waals surface area contributed by atoms with Crippen LogP contribution >= 0.6 is 0 Å². The van der Waals surface area contributed by atoms with Gasteiger partial charge in [0.05, 0.1) is 7.11 Å². The van der Waals surface area contributed by atoms with Gasteiger partial charge in [-0.05, 0) is 31.4 Å². The molecule has 3 nitrogen and oxygen atoms in total. The van der Waals surface area contributed by atoms with E-state index in [0.717, 1.165) is 31.3 Å². The van der Waals surface area contributed by atoms with Crippen molar-refractivity contribution in [2.24, 2.45) is 11.7 Å². The van der Waals surface area contributed by atoms with Gasteiger partial charge in [0, 0.05) is 24.7 Å². The maximum Gasteiger partial charge on any atom is 0.123 e. The SMILES string of the molecule is CCC1CCN(Cc2ccccc2OC)C(CN)C1. The van der Waals surface area contributed by atoms with Crippen LogP contribution in [0, 0.1) is 5.92 Å². The van der Waals surface area contributed by atoms with Crippen molar-refractivity contribution in [3.05, 3.63) is 29.8 Å². The van der Waals surface area contributed by atoms with Gasteiger partial charge in [0.15, 0.2) is 0 Å². The van der Waals surface area contributed by atoms with Crippen LogP contribution in [0.5, 0.6) is 5.75 Å². The third-order valence-electron chi connectivity index (χ3n) is 4.36. The summed E-state index contributed by atoms with van der Waals surface area (Å²) in [4.78, 5) is 2.52. The number of likely N-dealkylation sites (tertiary alicyclic amines) is 1. The van der Waals surface area contributed by atoms with Crippen molar-refractivity contribution in [3.63, 3.8) is 0 Å². The van der Waals surface area contributed by atoms with E-state index in [2.05, 4.69) is 24.0 Å². The summed E-state index contributed by atoms with van der Waals surface area (Å²) in [5.74, 6) is 1.83. The first-order valence-corrected chi connectivity index (χ1v) is 7.34. The van der Waals surface area contributed by atoms with Crippen LogP contribution < -0.4 is 10.5 Å². The van der Waals surface area contributed by atoms with Crippen LogP contribution in [-0.2, 0) is 6.54 Å². The molecule has 0 bridgehead atoms. The van der Waals surface area contributed by atoms with E-state index in [9.17, 15) is 0 Å². The molecule has 1 aliphatic rings. The van der Waals surface area contributed by atoms with Crippen LogP contribution in [0.15, 0.2) is 24.3 Å². The van der Waals surface area contributed by atoms with Crippen LogP contribution in [0.1, 0.15) is 31.7 Å². The molecule has 19 heavy (non-hydrogen) atoms. The molecule has 0 aromatic heterocycles. The normalized spacial score (nSPS) is 24.4. The Morgan fingerprint density at radius 3 is 2.84 bits per heavy atom. The average Bonchev–Trinajstić information content (AvgIpc) is 2.48. The zero-order valence-corrected chi connectivity index (χ0v) is 12.1. The summed E-state index contributed by atoms with van der Waals surface area (Å²) in [7, 11) is 1.74. The van der Waals surface area contributed by atoms with Gasteiger partial charge in [0.2, 0.25) is 0 Å². The number of rotatable bonds is 5. The molecule has 106 valence electrons. The number of ether oxygens (including phenoxy) is 1. The highest BCUT2D eigenvalue weighted by Crippen LogP contribution is 2.28. The molecular weight excluding hydrogens is 236 g/mol. The lowest BCUT2D eigenvalue weighted by Gasteiger charge is -2.39. The molecular formula is C16H26N2O. The summed E-state index contributed by atoms with van der Waals surface area (Å²) in [5.41, 5.74) is 7.22. The number of piperidine rings is 1. The molecule has 1 saturated heterocycles. The third-order valence-corrected chi connectivity index (χ3v) is 4.36. The molecule has 0 aliphatic carbocycles. The van der Waals surface area contributed by atoms with E-state index in [-0.39, 0.29) is 0 Å². The van der Waals surface area contributed by atoms with Gasteiger partial charge in [-0.1, -0.05) is 31.5 Å². The zero-order valence-electron chi connectivity index (χ0n) is 12.1. The number of hydrogen-bond donors (Lipinski definition) is 1. The van der Waals surface area contributed by atoms with Crippen molar-refractivity contribution < 1.29 is 4.74 Å². The summed E-state index contributed by atoms with van der Waals surface area (Å²) in [6.07, 6.45) is 3.81. The largest absolute Gasteiger partial charge is 0.496 e. The summed E-state index contributed by atoms with van der Waals surface area (Å²) in [5, 5.41) is 0. The average molecular weight is 262 g/mol. The van der Waals surface area contributed by atoms with Crippen LogP contribution in [0.3, 0.4) is 0 Å². The molecule has 2 rings (SSSR count). The zero-order chi connectivity index (χ0) is 13.7. The first-order chi connectivity index (χ1) is 9.28. The molecule has 2 atom stereocenters. The van der Waals surface area contributed by atoms with Crippen LogP contribution in [0.4, 0.5) is 0 Å². The molecule has 3 heteroatoms. The number of nitrogens with two attached hydrogens (primary N) is 1. The Bertz CT molecular complexity index is 394. The second-order valence-corrected chi connectivity index (χ2v) is 5.47. The van der Waals surface area contributed by atoms with Gasteiger partial charge >= 0.3 is 0 Å². The summed E-state index contributed by atoms with van der Waals surface area (Å²) < 4.78 is 5.44. The van der Waals surface area contributed by atoms with Crippen molar-refractivity contribution >= 4 is 0 Å². The van der Waals surface area contributed by atoms with Gasteiger partial charge in [-0.15, -0.1) is 0 Å². The van der Waals surface area contributed by atoms with Crippen LogP contribution in [0.25, 0.3) is 0 Å². The van der Waals surface area contributed by atoms with Crippen molar-refractivity contribution in [1.82, 2.24) is 4.90 Å². The first-order valence-electron chi connectivity index (χ1n) is 7.34. The Labute approximate surface area is 116 Å². The second-order valence-electron chi connectivity index (χ2n) is 5.47. The monoisotopic (exact) mass is 262 g/mol. The van der Waals surface area contributed by atoms with E-state index in [0.29, 0.717) is 6.04 Å². The maximum absolute atomic E-state index is 5.96. The van der Waals surface area contributed by atoms with Crippen molar-refractivity contribution in [1.29, 1.82) is 0 Å². The van der Waals surface area contributed by atoms with Gasteiger partial charge in [0.1, 0.15) is 5.75 Å². The molecule has 2 unspecified atom stereocenters. The number of methoxy groups -OCH3 is 1. The standard InChI is InChI=1S/C16H26N2O/c1-3-13-8-9-18(15(10-13)11-17)12-14-6-4-5-7-16(14)19-2/h4-7,13,15H,3,8-12,17H2,1-2H3. The molecule has 0 saturated carbocycles. The number of benzene rings is 1. The lowest BCUT2D eigenvalue weighted by Crippen LogP contribution is -2.46. The molecule has 1 heterocycles. The molecule has 2 N–H and O–H groups in total. The summed E-state index contributed by atoms with van der Waals surface area (Å²) in [6.45, 7) is 5.14. The highest BCUT2D eigenvalue weighted by molar-refractivity contribution is 5.33. The van der Waals surface area contributed by atoms with E-state index in [1.807, 2.05) is 12.1 Å². The Morgan fingerprint density at radius 1 is 1.37 bits per heavy atom. The predicted molar refractivity (Wildman–Crippen MR) is 79.3 cm³/mol. The number of nitrogens with zero attached hydrogens (tertiary/aromatic N) is 1. The van der Waals surface area contributed by atoms with E-state index in [1.165, 1.54) is 24.8 Å². The van der Waals surface area contributed by atoms with Crippen LogP contribution in [-0.4, -0.2) is 31.1 Å². The number of para-hydroxylation sites is 1. The lowest BCUT2D eigenvalue weighted by atomic mass is 9.88.